The highest BCUT2D eigenvalue weighted by Gasteiger charge is 2.16. The van der Waals surface area contributed by atoms with Crippen molar-refractivity contribution < 1.29 is 14.3 Å². The zero-order valence-electron chi connectivity index (χ0n) is 15.1. The molecule has 5 nitrogen and oxygen atoms in total. The fourth-order valence-electron chi connectivity index (χ4n) is 2.46. The molecule has 0 aliphatic rings. The molecule has 0 saturated carbocycles. The van der Waals surface area contributed by atoms with Gasteiger partial charge in [0.1, 0.15) is 5.75 Å². The van der Waals surface area contributed by atoms with Crippen LogP contribution in [0.15, 0.2) is 42.5 Å². The number of hydrogen-bond acceptors (Lipinski definition) is 3. The van der Waals surface area contributed by atoms with E-state index in [0.717, 1.165) is 16.7 Å². The van der Waals surface area contributed by atoms with E-state index in [1.54, 1.807) is 0 Å². The van der Waals surface area contributed by atoms with Crippen molar-refractivity contribution in [2.45, 2.75) is 40.3 Å². The predicted molar refractivity (Wildman–Crippen MR) is 98.6 cm³/mol. The Morgan fingerprint density at radius 2 is 1.60 bits per heavy atom. The van der Waals surface area contributed by atoms with Gasteiger partial charge < -0.3 is 15.4 Å². The van der Waals surface area contributed by atoms with Crippen molar-refractivity contribution in [1.29, 1.82) is 0 Å². The minimum Gasteiger partial charge on any atom is -0.491 e. The molecular weight excluding hydrogens is 316 g/mol. The molecule has 0 aliphatic carbocycles. The zero-order valence-corrected chi connectivity index (χ0v) is 15.1. The van der Waals surface area contributed by atoms with Gasteiger partial charge in [-0.3, -0.25) is 9.59 Å². The molecule has 0 heterocycles. The summed E-state index contributed by atoms with van der Waals surface area (Å²) in [6.45, 7) is 7.88. The highest BCUT2D eigenvalue weighted by molar-refractivity contribution is 6.39. The van der Waals surface area contributed by atoms with Crippen molar-refractivity contribution in [3.63, 3.8) is 0 Å². The quantitative estimate of drug-likeness (QED) is 0.820. The average molecular weight is 340 g/mol. The van der Waals surface area contributed by atoms with Crippen LogP contribution in [0.4, 0.5) is 5.69 Å². The molecule has 0 spiro atoms. The van der Waals surface area contributed by atoms with Crippen molar-refractivity contribution in [3.05, 3.63) is 59.2 Å². The van der Waals surface area contributed by atoms with E-state index in [2.05, 4.69) is 10.6 Å². The van der Waals surface area contributed by atoms with Crippen molar-refractivity contribution in [3.8, 4) is 5.75 Å². The maximum atomic E-state index is 12.1. The van der Waals surface area contributed by atoms with E-state index < -0.39 is 11.8 Å². The first kappa shape index (κ1) is 18.5. The van der Waals surface area contributed by atoms with Gasteiger partial charge in [-0.1, -0.05) is 36.4 Å². The third-order valence-electron chi connectivity index (χ3n) is 3.70. The lowest BCUT2D eigenvalue weighted by Gasteiger charge is -2.15. The van der Waals surface area contributed by atoms with E-state index in [9.17, 15) is 9.59 Å². The molecular formula is C20H24N2O3. The molecule has 2 aromatic rings. The first-order valence-electron chi connectivity index (χ1n) is 8.28. The Morgan fingerprint density at radius 1 is 0.960 bits per heavy atom. The number of nitrogens with one attached hydrogen (secondary N) is 2. The minimum absolute atomic E-state index is 0.0316. The number of carbonyl (C=O) groups is 2. The molecule has 2 amide bonds. The fraction of sp³-hybridized carbons (Fsp3) is 0.300. The molecule has 0 aliphatic heterocycles. The standard InChI is InChI=1S/C20H24N2O3/c1-13(2)25-17-11-6-5-10-16(17)12-21-19(23)20(24)22-18-14(3)8-7-9-15(18)4/h5-11,13H,12H2,1-4H3,(H,21,23)(H,22,24). The maximum absolute atomic E-state index is 12.1. The summed E-state index contributed by atoms with van der Waals surface area (Å²) >= 11 is 0. The third-order valence-corrected chi connectivity index (χ3v) is 3.70. The Bertz CT molecular complexity index is 749. The topological polar surface area (TPSA) is 67.4 Å². The van der Waals surface area contributed by atoms with E-state index in [0.29, 0.717) is 11.4 Å². The number of amides is 2. The molecule has 5 heteroatoms. The SMILES string of the molecule is Cc1cccc(C)c1NC(=O)C(=O)NCc1ccccc1OC(C)C. The molecule has 0 bridgehead atoms. The summed E-state index contributed by atoms with van der Waals surface area (Å²) in [6, 6.07) is 13.1. The van der Waals surface area contributed by atoms with Crippen molar-refractivity contribution >= 4 is 17.5 Å². The summed E-state index contributed by atoms with van der Waals surface area (Å²) in [5.41, 5.74) is 3.32. The van der Waals surface area contributed by atoms with Gasteiger partial charge >= 0.3 is 11.8 Å². The van der Waals surface area contributed by atoms with Crippen LogP contribution in [0.25, 0.3) is 0 Å². The Hall–Kier alpha value is -2.82. The fourth-order valence-corrected chi connectivity index (χ4v) is 2.46. The average Bonchev–Trinajstić information content (AvgIpc) is 2.56. The smallest absolute Gasteiger partial charge is 0.313 e. The van der Waals surface area contributed by atoms with Crippen LogP contribution in [0.3, 0.4) is 0 Å². The number of aryl methyl sites for hydroxylation is 2. The molecule has 0 radical (unpaired) electrons. The summed E-state index contributed by atoms with van der Waals surface area (Å²) in [5, 5.41) is 5.32. The highest BCUT2D eigenvalue weighted by atomic mass is 16.5. The van der Waals surface area contributed by atoms with Crippen LogP contribution >= 0.6 is 0 Å². The van der Waals surface area contributed by atoms with E-state index >= 15 is 0 Å². The van der Waals surface area contributed by atoms with Gasteiger partial charge in [0, 0.05) is 17.8 Å². The van der Waals surface area contributed by atoms with Gasteiger partial charge in [-0.2, -0.15) is 0 Å². The second-order valence-electron chi connectivity index (χ2n) is 6.18. The number of para-hydroxylation sites is 2. The molecule has 0 saturated heterocycles. The molecule has 132 valence electrons. The van der Waals surface area contributed by atoms with Crippen LogP contribution in [0.1, 0.15) is 30.5 Å². The Labute approximate surface area is 148 Å². The summed E-state index contributed by atoms with van der Waals surface area (Å²) in [7, 11) is 0. The van der Waals surface area contributed by atoms with Gasteiger partial charge in [0.25, 0.3) is 0 Å². The highest BCUT2D eigenvalue weighted by Crippen LogP contribution is 2.20. The van der Waals surface area contributed by atoms with Gasteiger partial charge in [0.05, 0.1) is 6.10 Å². The van der Waals surface area contributed by atoms with Crippen LogP contribution in [-0.4, -0.2) is 17.9 Å². The van der Waals surface area contributed by atoms with E-state index in [1.807, 2.05) is 70.2 Å². The van der Waals surface area contributed by atoms with Gasteiger partial charge in [-0.05, 0) is 44.9 Å². The van der Waals surface area contributed by atoms with Crippen LogP contribution in [0.2, 0.25) is 0 Å². The number of benzene rings is 2. The predicted octanol–water partition coefficient (Wildman–Crippen LogP) is 3.35. The minimum atomic E-state index is -0.681. The Morgan fingerprint density at radius 3 is 2.24 bits per heavy atom. The van der Waals surface area contributed by atoms with Gasteiger partial charge in [-0.25, -0.2) is 0 Å². The van der Waals surface area contributed by atoms with E-state index in [4.69, 9.17) is 4.74 Å². The molecule has 0 fully saturated rings. The molecule has 2 N–H and O–H groups in total. The van der Waals surface area contributed by atoms with Gasteiger partial charge in [0.15, 0.2) is 0 Å². The van der Waals surface area contributed by atoms with E-state index in [-0.39, 0.29) is 12.6 Å². The summed E-state index contributed by atoms with van der Waals surface area (Å²) in [5.74, 6) is -0.658. The Kier molecular flexibility index (Phi) is 6.17. The summed E-state index contributed by atoms with van der Waals surface area (Å²) < 4.78 is 5.71. The molecule has 25 heavy (non-hydrogen) atoms. The molecule has 0 aromatic heterocycles. The molecule has 2 aromatic carbocycles. The van der Waals surface area contributed by atoms with Crippen molar-refractivity contribution in [1.82, 2.24) is 5.32 Å². The first-order valence-corrected chi connectivity index (χ1v) is 8.28. The maximum Gasteiger partial charge on any atom is 0.313 e. The molecule has 0 unspecified atom stereocenters. The van der Waals surface area contributed by atoms with Gasteiger partial charge in [0.2, 0.25) is 0 Å². The monoisotopic (exact) mass is 340 g/mol. The number of hydrogen-bond donors (Lipinski definition) is 2. The number of rotatable bonds is 5. The van der Waals surface area contributed by atoms with Crippen LogP contribution in [0.5, 0.6) is 5.75 Å². The Balaban J connectivity index is 2.00. The second kappa shape index (κ2) is 8.33. The number of anilines is 1. The lowest BCUT2D eigenvalue weighted by molar-refractivity contribution is -0.136. The van der Waals surface area contributed by atoms with E-state index in [1.165, 1.54) is 0 Å². The van der Waals surface area contributed by atoms with Crippen LogP contribution in [-0.2, 0) is 16.1 Å². The zero-order chi connectivity index (χ0) is 18.4. The lowest BCUT2D eigenvalue weighted by Crippen LogP contribution is -2.35. The lowest BCUT2D eigenvalue weighted by atomic mass is 10.1. The van der Waals surface area contributed by atoms with Crippen molar-refractivity contribution in [2.75, 3.05) is 5.32 Å². The molecule has 0 atom stereocenters. The van der Waals surface area contributed by atoms with Crippen LogP contribution < -0.4 is 15.4 Å². The van der Waals surface area contributed by atoms with Gasteiger partial charge in [-0.15, -0.1) is 0 Å². The largest absolute Gasteiger partial charge is 0.491 e. The second-order valence-corrected chi connectivity index (χ2v) is 6.18. The van der Waals surface area contributed by atoms with Crippen molar-refractivity contribution in [2.24, 2.45) is 0 Å². The normalized spacial score (nSPS) is 10.4. The number of ether oxygens (including phenoxy) is 1. The third kappa shape index (κ3) is 5.08. The summed E-state index contributed by atoms with van der Waals surface area (Å²) in [4.78, 5) is 24.3. The number of carbonyl (C=O) groups excluding carboxylic acids is 2. The molecule has 2 rings (SSSR count). The first-order chi connectivity index (χ1) is 11.9. The summed E-state index contributed by atoms with van der Waals surface area (Å²) in [6.07, 6.45) is 0.0316. The van der Waals surface area contributed by atoms with Crippen LogP contribution in [0, 0.1) is 13.8 Å².